The van der Waals surface area contributed by atoms with Gasteiger partial charge in [-0.15, -0.1) is 0 Å². The summed E-state index contributed by atoms with van der Waals surface area (Å²) in [5.41, 5.74) is 2.08. The fraction of sp³-hybridized carbons (Fsp3) is 0.391. The Morgan fingerprint density at radius 1 is 0.812 bits per heavy atom. The van der Waals surface area contributed by atoms with Gasteiger partial charge in [0.25, 0.3) is 17.7 Å². The van der Waals surface area contributed by atoms with E-state index in [1.165, 1.54) is 32.4 Å². The maximum absolute atomic E-state index is 14.1. The molecular weight excluding hydrogens is 832 g/mol. The van der Waals surface area contributed by atoms with Crippen molar-refractivity contribution in [3.05, 3.63) is 95.2 Å². The number of piperazine rings is 1. The predicted molar refractivity (Wildman–Crippen MR) is 232 cm³/mol. The van der Waals surface area contributed by atoms with Crippen molar-refractivity contribution >= 4 is 63.8 Å². The van der Waals surface area contributed by atoms with Crippen LogP contribution in [0.1, 0.15) is 75.2 Å². The van der Waals surface area contributed by atoms with E-state index in [4.69, 9.17) is 4.74 Å². The Balaban J connectivity index is 0.813. The zero-order valence-corrected chi connectivity index (χ0v) is 35.3. The number of benzene rings is 3. The largest absolute Gasteiger partial charge is 0.494 e. The van der Waals surface area contributed by atoms with Crippen LogP contribution < -0.4 is 35.8 Å². The molecule has 334 valence electrons. The Hall–Kier alpha value is -6.69. The van der Waals surface area contributed by atoms with E-state index in [0.717, 1.165) is 80.9 Å². The van der Waals surface area contributed by atoms with Gasteiger partial charge in [0.15, 0.2) is 0 Å². The lowest BCUT2D eigenvalue weighted by Crippen LogP contribution is -2.55. The molecule has 0 saturated carbocycles. The van der Waals surface area contributed by atoms with E-state index in [0.29, 0.717) is 35.0 Å². The number of hydrogen-bond donors (Lipinski definition) is 4. The molecule has 5 amide bonds. The Morgan fingerprint density at radius 3 is 2.22 bits per heavy atom. The molecule has 6 heterocycles. The van der Waals surface area contributed by atoms with E-state index in [9.17, 15) is 37.1 Å². The van der Waals surface area contributed by atoms with E-state index in [-0.39, 0.29) is 41.2 Å². The van der Waals surface area contributed by atoms with Crippen LogP contribution in [-0.2, 0) is 15.8 Å². The molecule has 4 fully saturated rings. The summed E-state index contributed by atoms with van der Waals surface area (Å²) in [6.07, 6.45) is 0.399. The van der Waals surface area contributed by atoms with Gasteiger partial charge in [0, 0.05) is 88.0 Å². The maximum atomic E-state index is 14.1. The molecule has 3 aromatic carbocycles. The van der Waals surface area contributed by atoms with Gasteiger partial charge in [-0.1, -0.05) is 12.1 Å². The summed E-state index contributed by atoms with van der Waals surface area (Å²) in [5.74, 6) is -1.34. The van der Waals surface area contributed by atoms with Gasteiger partial charge in [0.05, 0.1) is 46.4 Å². The van der Waals surface area contributed by atoms with Gasteiger partial charge in [-0.25, -0.2) is 4.98 Å². The summed E-state index contributed by atoms with van der Waals surface area (Å²) in [6.45, 7) is 4.30. The summed E-state index contributed by atoms with van der Waals surface area (Å²) in [5, 5.41) is 10.7. The number of carbonyl (C=O) groups excluding carboxylic acids is 5. The summed E-state index contributed by atoms with van der Waals surface area (Å²) in [4.78, 5) is 75.8. The number of halogens is 3. The molecule has 9 rings (SSSR count). The molecule has 0 spiro atoms. The van der Waals surface area contributed by atoms with Crippen molar-refractivity contribution in [2.24, 2.45) is 5.92 Å². The molecule has 0 aliphatic carbocycles. The standard InChI is InChI=1S/C46H48F3N9O6/c1-50-42(60)32-5-3-4-6-35(32)52-37-21-40(51-22-34(37)46(47,48)49)53-36-12-10-28(20-39(36)64-2)55-17-15-26(16-18-55)23-57-29-7-8-30(57)25-56(24-29)27-9-11-31-33(19-27)45(63)58(44(31)62)38-13-14-41(59)54-43(38)61/h3-6,9-12,19-22,26,29-30,38H,7-8,13-18,23-25H2,1-2H3,(H,50,60)(H2,51,52,53)(H,54,59,61). The second-order valence-electron chi connectivity index (χ2n) is 17.0. The number of imide groups is 2. The number of hydrogen-bond acceptors (Lipinski definition) is 12. The van der Waals surface area contributed by atoms with Crippen molar-refractivity contribution in [1.82, 2.24) is 25.4 Å². The zero-order valence-electron chi connectivity index (χ0n) is 35.3. The molecule has 18 heteroatoms. The summed E-state index contributed by atoms with van der Waals surface area (Å²) >= 11 is 0. The number of fused-ring (bicyclic) bond motifs is 3. The van der Waals surface area contributed by atoms with Gasteiger partial charge in [-0.05, 0) is 80.5 Å². The van der Waals surface area contributed by atoms with E-state index in [1.807, 2.05) is 24.3 Å². The first-order valence-electron chi connectivity index (χ1n) is 21.5. The number of ether oxygens (including phenoxy) is 1. The first-order valence-corrected chi connectivity index (χ1v) is 21.5. The SMILES string of the molecule is CNC(=O)c1ccccc1Nc1cc(Nc2ccc(N3CCC(CN4C5CCC4CN(c4ccc6c(c4)C(=O)N(C4CCC(=O)NC4=O)C6=O)C5)CC3)cc2OC)ncc1C(F)(F)F. The van der Waals surface area contributed by atoms with Crippen LogP contribution in [0, 0.1) is 5.92 Å². The minimum Gasteiger partial charge on any atom is -0.494 e. The van der Waals surface area contributed by atoms with Crippen LogP contribution in [-0.4, -0.2) is 109 Å². The summed E-state index contributed by atoms with van der Waals surface area (Å²) < 4.78 is 48.1. The Kier molecular flexibility index (Phi) is 11.4. The van der Waals surface area contributed by atoms with E-state index >= 15 is 0 Å². The number of alkyl halides is 3. The van der Waals surface area contributed by atoms with E-state index < -0.39 is 47.3 Å². The molecule has 15 nitrogen and oxygen atoms in total. The predicted octanol–water partition coefficient (Wildman–Crippen LogP) is 5.93. The second-order valence-corrected chi connectivity index (χ2v) is 17.0. The van der Waals surface area contributed by atoms with Gasteiger partial charge < -0.3 is 30.5 Å². The monoisotopic (exact) mass is 879 g/mol. The molecular formula is C46H48F3N9O6. The molecule has 64 heavy (non-hydrogen) atoms. The molecule has 4 saturated heterocycles. The lowest BCUT2D eigenvalue weighted by Gasteiger charge is -2.44. The number of pyridine rings is 1. The minimum absolute atomic E-state index is 0.0714. The fourth-order valence-electron chi connectivity index (χ4n) is 9.87. The molecule has 3 unspecified atom stereocenters. The van der Waals surface area contributed by atoms with Crippen molar-refractivity contribution in [2.75, 3.05) is 67.3 Å². The van der Waals surface area contributed by atoms with Gasteiger partial charge in [0.1, 0.15) is 17.6 Å². The molecule has 5 aliphatic rings. The van der Waals surface area contributed by atoms with Gasteiger partial charge in [-0.2, -0.15) is 13.2 Å². The molecule has 4 aromatic rings. The highest BCUT2D eigenvalue weighted by Crippen LogP contribution is 2.41. The van der Waals surface area contributed by atoms with Crippen LogP contribution in [0.2, 0.25) is 0 Å². The molecule has 3 atom stereocenters. The average Bonchev–Trinajstić information content (AvgIpc) is 3.66. The normalized spacial score (nSPS) is 21.5. The first-order chi connectivity index (χ1) is 30.8. The number of methoxy groups -OCH3 is 1. The van der Waals surface area contributed by atoms with Crippen LogP contribution in [0.25, 0.3) is 0 Å². The highest BCUT2D eigenvalue weighted by atomic mass is 19.4. The van der Waals surface area contributed by atoms with Crippen molar-refractivity contribution in [1.29, 1.82) is 0 Å². The van der Waals surface area contributed by atoms with Gasteiger partial charge >= 0.3 is 6.18 Å². The number of aromatic nitrogens is 1. The number of para-hydroxylation sites is 1. The first kappa shape index (κ1) is 42.6. The zero-order chi connectivity index (χ0) is 44.9. The topological polar surface area (TPSA) is 169 Å². The highest BCUT2D eigenvalue weighted by molar-refractivity contribution is 6.23. The molecule has 5 aliphatic heterocycles. The number of carbonyl (C=O) groups is 5. The van der Waals surface area contributed by atoms with Gasteiger partial charge in [-0.3, -0.25) is 39.1 Å². The number of piperidine rings is 2. The van der Waals surface area contributed by atoms with E-state index in [2.05, 4.69) is 41.0 Å². The quantitative estimate of drug-likeness (QED) is 0.131. The Morgan fingerprint density at radius 2 is 1.52 bits per heavy atom. The smallest absolute Gasteiger partial charge is 0.419 e. The summed E-state index contributed by atoms with van der Waals surface area (Å²) in [7, 11) is 2.99. The van der Waals surface area contributed by atoms with Crippen molar-refractivity contribution in [2.45, 2.75) is 62.8 Å². The lowest BCUT2D eigenvalue weighted by molar-refractivity contribution is -0.137. The molecule has 1 aromatic heterocycles. The van der Waals surface area contributed by atoms with Crippen molar-refractivity contribution < 1.29 is 41.9 Å². The van der Waals surface area contributed by atoms with Crippen LogP contribution in [0.15, 0.2) is 72.9 Å². The minimum atomic E-state index is -4.71. The number of nitrogens with one attached hydrogen (secondary N) is 4. The number of nitrogens with zero attached hydrogens (tertiary/aromatic N) is 5. The lowest BCUT2D eigenvalue weighted by atomic mass is 9.94. The number of rotatable bonds is 11. The van der Waals surface area contributed by atoms with Crippen LogP contribution >= 0.6 is 0 Å². The highest BCUT2D eigenvalue weighted by Gasteiger charge is 2.46. The Labute approximate surface area is 367 Å². The number of anilines is 6. The Bertz CT molecular complexity index is 2510. The molecule has 0 radical (unpaired) electrons. The third kappa shape index (κ3) is 8.17. The third-order valence-electron chi connectivity index (χ3n) is 13.2. The van der Waals surface area contributed by atoms with E-state index in [1.54, 1.807) is 24.3 Å². The second kappa shape index (κ2) is 17.1. The maximum Gasteiger partial charge on any atom is 0.419 e. The average molecular weight is 880 g/mol. The van der Waals surface area contributed by atoms with Crippen LogP contribution in [0.5, 0.6) is 5.75 Å². The fourth-order valence-corrected chi connectivity index (χ4v) is 9.87. The third-order valence-corrected chi connectivity index (χ3v) is 13.2. The van der Waals surface area contributed by atoms with Crippen LogP contribution in [0.4, 0.5) is 47.4 Å². The van der Waals surface area contributed by atoms with Crippen molar-refractivity contribution in [3.8, 4) is 5.75 Å². The number of amides is 5. The summed E-state index contributed by atoms with van der Waals surface area (Å²) in [6, 6.07) is 18.3. The van der Waals surface area contributed by atoms with Gasteiger partial charge in [0.2, 0.25) is 11.8 Å². The van der Waals surface area contributed by atoms with Crippen LogP contribution in [0.3, 0.4) is 0 Å². The van der Waals surface area contributed by atoms with Crippen molar-refractivity contribution in [3.63, 3.8) is 0 Å². The molecule has 4 N–H and O–H groups in total. The molecule has 2 bridgehead atoms.